The van der Waals surface area contributed by atoms with Crippen molar-refractivity contribution in [1.82, 2.24) is 10.2 Å². The molecule has 1 aliphatic rings. The molecule has 3 rings (SSSR count). The molecule has 31 heavy (non-hydrogen) atoms. The number of hydrogen-bond acceptors (Lipinski definition) is 4. The van der Waals surface area contributed by atoms with E-state index in [9.17, 15) is 13.2 Å². The number of nitrogens with zero attached hydrogens (tertiary/aromatic N) is 2. The maximum Gasteiger partial charge on any atom is 0.232 e. The van der Waals surface area contributed by atoms with Crippen molar-refractivity contribution >= 4 is 21.6 Å². The number of nitrogens with one attached hydrogen (secondary N) is 1. The van der Waals surface area contributed by atoms with E-state index in [1.54, 1.807) is 6.07 Å². The Hall–Kier alpha value is -2.38. The molecule has 1 heterocycles. The molecule has 0 fully saturated rings. The summed E-state index contributed by atoms with van der Waals surface area (Å²) in [7, 11) is -3.40. The molecule has 0 aromatic heterocycles. The highest BCUT2D eigenvalue weighted by Gasteiger charge is 2.19. The van der Waals surface area contributed by atoms with Gasteiger partial charge in [0, 0.05) is 39.1 Å². The summed E-state index contributed by atoms with van der Waals surface area (Å²) >= 11 is 0. The summed E-state index contributed by atoms with van der Waals surface area (Å²) in [5.74, 6) is -0.0257. The molecule has 2 aromatic rings. The van der Waals surface area contributed by atoms with Crippen molar-refractivity contribution in [3.63, 3.8) is 0 Å². The Bertz CT molecular complexity index is 991. The number of para-hydroxylation sites is 1. The number of benzene rings is 2. The van der Waals surface area contributed by atoms with Gasteiger partial charge in [-0.25, -0.2) is 8.42 Å². The average Bonchev–Trinajstić information content (AvgIpc) is 2.74. The maximum atomic E-state index is 12.2. The van der Waals surface area contributed by atoms with Crippen LogP contribution in [0.15, 0.2) is 48.5 Å². The number of sulfonamides is 1. The summed E-state index contributed by atoms with van der Waals surface area (Å²) in [6.07, 6.45) is 4.00. The van der Waals surface area contributed by atoms with Crippen molar-refractivity contribution in [3.8, 4) is 0 Å². The molecule has 7 heteroatoms. The lowest BCUT2D eigenvalue weighted by atomic mass is 10.00. The molecule has 0 spiro atoms. The van der Waals surface area contributed by atoms with Crippen molar-refractivity contribution in [2.75, 3.05) is 36.7 Å². The first-order valence-electron chi connectivity index (χ1n) is 10.9. The summed E-state index contributed by atoms with van der Waals surface area (Å²) in [4.78, 5) is 14.6. The predicted molar refractivity (Wildman–Crippen MR) is 126 cm³/mol. The van der Waals surface area contributed by atoms with E-state index in [4.69, 9.17) is 0 Å². The monoisotopic (exact) mass is 443 g/mol. The topological polar surface area (TPSA) is 69.7 Å². The van der Waals surface area contributed by atoms with E-state index in [-0.39, 0.29) is 5.91 Å². The third kappa shape index (κ3) is 6.80. The van der Waals surface area contributed by atoms with Crippen molar-refractivity contribution in [1.29, 1.82) is 0 Å². The fraction of sp³-hybridized carbons (Fsp3) is 0.458. The van der Waals surface area contributed by atoms with E-state index in [1.807, 2.05) is 25.1 Å². The fourth-order valence-corrected chi connectivity index (χ4v) is 5.08. The minimum absolute atomic E-state index is 0.0257. The third-order valence-electron chi connectivity index (χ3n) is 5.73. The molecule has 0 unspecified atom stereocenters. The number of hydrogen-bond donors (Lipinski definition) is 1. The van der Waals surface area contributed by atoms with Crippen LogP contribution in [0.4, 0.5) is 5.69 Å². The van der Waals surface area contributed by atoms with Crippen LogP contribution in [0.1, 0.15) is 36.0 Å². The Morgan fingerprint density at radius 1 is 1.06 bits per heavy atom. The molecule has 0 aliphatic carbocycles. The number of amides is 1. The van der Waals surface area contributed by atoms with Crippen molar-refractivity contribution in [2.24, 2.45) is 0 Å². The highest BCUT2D eigenvalue weighted by molar-refractivity contribution is 7.92. The molecule has 0 saturated carbocycles. The lowest BCUT2D eigenvalue weighted by Gasteiger charge is -2.28. The van der Waals surface area contributed by atoms with Crippen LogP contribution >= 0.6 is 0 Å². The smallest absolute Gasteiger partial charge is 0.232 e. The predicted octanol–water partition coefficient (Wildman–Crippen LogP) is 3.11. The van der Waals surface area contributed by atoms with Gasteiger partial charge in [-0.1, -0.05) is 42.5 Å². The van der Waals surface area contributed by atoms with E-state index in [0.717, 1.165) is 38.0 Å². The summed E-state index contributed by atoms with van der Waals surface area (Å²) in [5, 5.41) is 2.97. The van der Waals surface area contributed by atoms with Gasteiger partial charge in [-0.3, -0.25) is 14.0 Å². The first-order valence-corrected chi connectivity index (χ1v) is 12.8. The van der Waals surface area contributed by atoms with Gasteiger partial charge in [0.25, 0.3) is 0 Å². The summed E-state index contributed by atoms with van der Waals surface area (Å²) in [6, 6.07) is 16.0. The number of fused-ring (bicyclic) bond motifs is 1. The Kier molecular flexibility index (Phi) is 8.09. The number of rotatable bonds is 10. The molecule has 0 bridgehead atoms. The van der Waals surface area contributed by atoms with Gasteiger partial charge >= 0.3 is 0 Å². The van der Waals surface area contributed by atoms with Gasteiger partial charge in [0.2, 0.25) is 15.9 Å². The van der Waals surface area contributed by atoms with Gasteiger partial charge in [-0.05, 0) is 48.9 Å². The molecule has 168 valence electrons. The van der Waals surface area contributed by atoms with E-state index in [0.29, 0.717) is 31.6 Å². The van der Waals surface area contributed by atoms with Gasteiger partial charge in [0.05, 0.1) is 11.9 Å². The SMILES string of the molecule is Cc1ccccc1N(CCCC(=O)NCCCN1CCc2ccccc2C1)S(C)(=O)=O. The third-order valence-corrected chi connectivity index (χ3v) is 6.91. The number of anilines is 1. The highest BCUT2D eigenvalue weighted by Crippen LogP contribution is 2.22. The minimum atomic E-state index is -3.40. The Morgan fingerprint density at radius 2 is 1.77 bits per heavy atom. The van der Waals surface area contributed by atoms with Crippen LogP contribution in [-0.4, -0.2) is 51.7 Å². The van der Waals surface area contributed by atoms with Gasteiger partial charge in [0.15, 0.2) is 0 Å². The van der Waals surface area contributed by atoms with Crippen LogP contribution in [-0.2, 0) is 27.8 Å². The highest BCUT2D eigenvalue weighted by atomic mass is 32.2. The zero-order chi connectivity index (χ0) is 22.3. The normalized spacial score (nSPS) is 14.1. The van der Waals surface area contributed by atoms with Gasteiger partial charge in [0.1, 0.15) is 0 Å². The number of carbonyl (C=O) groups excluding carboxylic acids is 1. The second-order valence-corrected chi connectivity index (χ2v) is 10.1. The lowest BCUT2D eigenvalue weighted by Crippen LogP contribution is -2.34. The Labute approximate surface area is 186 Å². The lowest BCUT2D eigenvalue weighted by molar-refractivity contribution is -0.121. The van der Waals surface area contributed by atoms with Crippen molar-refractivity contribution < 1.29 is 13.2 Å². The first-order chi connectivity index (χ1) is 14.8. The summed E-state index contributed by atoms with van der Waals surface area (Å²) in [6.45, 7) is 5.83. The molecule has 1 N–H and O–H groups in total. The van der Waals surface area contributed by atoms with E-state index in [1.165, 1.54) is 21.7 Å². The van der Waals surface area contributed by atoms with Crippen LogP contribution in [0.25, 0.3) is 0 Å². The second-order valence-electron chi connectivity index (χ2n) is 8.22. The standard InChI is InChI=1S/C24H33N3O3S/c1-20-9-3-6-12-23(20)27(31(2,29)30)17-7-13-24(28)25-15-8-16-26-18-14-21-10-4-5-11-22(21)19-26/h3-6,9-12H,7-8,13-19H2,1-2H3,(H,25,28). The number of carbonyl (C=O) groups is 1. The second kappa shape index (κ2) is 10.8. The van der Waals surface area contributed by atoms with Crippen molar-refractivity contribution in [2.45, 2.75) is 39.2 Å². The molecule has 0 radical (unpaired) electrons. The Balaban J connectivity index is 1.37. The van der Waals surface area contributed by atoms with Crippen LogP contribution in [0.3, 0.4) is 0 Å². The minimum Gasteiger partial charge on any atom is -0.356 e. The van der Waals surface area contributed by atoms with E-state index < -0.39 is 10.0 Å². The van der Waals surface area contributed by atoms with Crippen LogP contribution < -0.4 is 9.62 Å². The molecule has 2 aromatic carbocycles. The molecule has 0 saturated heterocycles. The molecule has 1 amide bonds. The fourth-order valence-electron chi connectivity index (χ4n) is 4.06. The van der Waals surface area contributed by atoms with Crippen LogP contribution in [0, 0.1) is 6.92 Å². The summed E-state index contributed by atoms with van der Waals surface area (Å²) < 4.78 is 25.8. The average molecular weight is 444 g/mol. The maximum absolute atomic E-state index is 12.2. The zero-order valence-electron chi connectivity index (χ0n) is 18.5. The van der Waals surface area contributed by atoms with E-state index in [2.05, 4.69) is 34.5 Å². The zero-order valence-corrected chi connectivity index (χ0v) is 19.3. The summed E-state index contributed by atoms with van der Waals surface area (Å²) in [5.41, 5.74) is 4.42. The van der Waals surface area contributed by atoms with Crippen LogP contribution in [0.2, 0.25) is 0 Å². The quantitative estimate of drug-likeness (QED) is 0.573. The van der Waals surface area contributed by atoms with Gasteiger partial charge in [-0.2, -0.15) is 0 Å². The number of aryl methyl sites for hydroxylation is 1. The molecule has 6 nitrogen and oxygen atoms in total. The molecular formula is C24H33N3O3S. The van der Waals surface area contributed by atoms with Crippen molar-refractivity contribution in [3.05, 3.63) is 65.2 Å². The van der Waals surface area contributed by atoms with Gasteiger partial charge in [-0.15, -0.1) is 0 Å². The van der Waals surface area contributed by atoms with Gasteiger partial charge < -0.3 is 5.32 Å². The Morgan fingerprint density at radius 3 is 2.52 bits per heavy atom. The first kappa shape index (κ1) is 23.3. The van der Waals surface area contributed by atoms with E-state index >= 15 is 0 Å². The largest absolute Gasteiger partial charge is 0.356 e. The molecular weight excluding hydrogens is 410 g/mol. The molecule has 1 aliphatic heterocycles. The van der Waals surface area contributed by atoms with Crippen LogP contribution in [0.5, 0.6) is 0 Å². The molecule has 0 atom stereocenters.